The summed E-state index contributed by atoms with van der Waals surface area (Å²) in [6, 6.07) is 8.17. The van der Waals surface area contributed by atoms with Crippen LogP contribution in [0.25, 0.3) is 11.1 Å². The fourth-order valence-electron chi connectivity index (χ4n) is 5.88. The van der Waals surface area contributed by atoms with Crippen LogP contribution in [0.4, 0.5) is 5.00 Å². The molecule has 34 heavy (non-hydrogen) atoms. The van der Waals surface area contributed by atoms with E-state index in [1.807, 2.05) is 19.1 Å². The topological polar surface area (TPSA) is 92.7 Å². The standard InChI is InChI=1S/C27H33NO5S/c1-5-33-27(32)23-20(17-8-6-16(7-9-17)12-14(2)3)15(4)34-25(23)28-24(29)21-18-10-11-19(13-18)22(21)26(30)31/h6-9,14,18-19,21-22H,5,10-13H2,1-4H3,(H,28,29)(H,30,31)/t18-,19-,21-,22+/m0/s1. The zero-order chi connectivity index (χ0) is 24.6. The number of thiophene rings is 1. The minimum atomic E-state index is -0.900. The Morgan fingerprint density at radius 2 is 1.76 bits per heavy atom. The van der Waals surface area contributed by atoms with Crippen molar-refractivity contribution in [2.24, 2.45) is 29.6 Å². The number of anilines is 1. The maximum Gasteiger partial charge on any atom is 0.341 e. The van der Waals surface area contributed by atoms with Crippen LogP contribution in [-0.2, 0) is 20.7 Å². The first kappa shape index (κ1) is 24.5. The average Bonchev–Trinajstić information content (AvgIpc) is 3.47. The van der Waals surface area contributed by atoms with Crippen LogP contribution >= 0.6 is 11.3 Å². The highest BCUT2D eigenvalue weighted by Gasteiger charge is 2.54. The molecule has 2 aliphatic carbocycles. The number of aryl methyl sites for hydroxylation is 1. The minimum absolute atomic E-state index is 0.0627. The third-order valence-corrected chi connectivity index (χ3v) is 8.21. The Bertz CT molecular complexity index is 1090. The van der Waals surface area contributed by atoms with Gasteiger partial charge in [-0.05, 0) is 68.4 Å². The van der Waals surface area contributed by atoms with Crippen molar-refractivity contribution in [1.82, 2.24) is 0 Å². The van der Waals surface area contributed by atoms with Gasteiger partial charge in [0.1, 0.15) is 10.6 Å². The van der Waals surface area contributed by atoms with Gasteiger partial charge in [-0.1, -0.05) is 38.1 Å². The minimum Gasteiger partial charge on any atom is -0.481 e. The highest BCUT2D eigenvalue weighted by atomic mass is 32.1. The molecule has 2 aliphatic rings. The summed E-state index contributed by atoms with van der Waals surface area (Å²) in [6.07, 6.45) is 3.52. The van der Waals surface area contributed by atoms with Crippen molar-refractivity contribution in [1.29, 1.82) is 0 Å². The number of carboxylic acids is 1. The molecule has 2 saturated carbocycles. The summed E-state index contributed by atoms with van der Waals surface area (Å²) in [5.41, 5.74) is 3.24. The maximum absolute atomic E-state index is 13.3. The van der Waals surface area contributed by atoms with Crippen molar-refractivity contribution in [3.8, 4) is 11.1 Å². The lowest BCUT2D eigenvalue weighted by atomic mass is 9.78. The van der Waals surface area contributed by atoms with Crippen molar-refractivity contribution in [3.63, 3.8) is 0 Å². The summed E-state index contributed by atoms with van der Waals surface area (Å²) in [5, 5.41) is 13.1. The number of ether oxygens (including phenoxy) is 1. The second kappa shape index (κ2) is 9.90. The summed E-state index contributed by atoms with van der Waals surface area (Å²) < 4.78 is 5.36. The van der Waals surface area contributed by atoms with Crippen molar-refractivity contribution >= 4 is 34.2 Å². The predicted octanol–water partition coefficient (Wildman–Crippen LogP) is 5.78. The summed E-state index contributed by atoms with van der Waals surface area (Å²) in [7, 11) is 0. The molecule has 1 aromatic carbocycles. The Morgan fingerprint density at radius 1 is 1.12 bits per heavy atom. The van der Waals surface area contributed by atoms with Gasteiger partial charge in [-0.3, -0.25) is 9.59 Å². The predicted molar refractivity (Wildman–Crippen MR) is 133 cm³/mol. The zero-order valence-electron chi connectivity index (χ0n) is 20.2. The number of benzene rings is 1. The first-order valence-electron chi connectivity index (χ1n) is 12.1. The SMILES string of the molecule is CCOC(=O)c1c(NC(=O)[C@H]2[C@H]3CC[C@@H](C3)[C@H]2C(=O)O)sc(C)c1-c1ccc(CC(C)C)cc1. The Labute approximate surface area is 204 Å². The molecule has 0 aliphatic heterocycles. The number of hydrogen-bond donors (Lipinski definition) is 2. The number of amides is 1. The van der Waals surface area contributed by atoms with E-state index in [2.05, 4.69) is 31.3 Å². The molecule has 6 nitrogen and oxygen atoms in total. The molecule has 1 aromatic heterocycles. The van der Waals surface area contributed by atoms with Gasteiger partial charge >= 0.3 is 11.9 Å². The van der Waals surface area contributed by atoms with Crippen LogP contribution in [0, 0.1) is 36.5 Å². The molecule has 0 radical (unpaired) electrons. The zero-order valence-corrected chi connectivity index (χ0v) is 21.0. The van der Waals surface area contributed by atoms with Crippen molar-refractivity contribution in [2.45, 2.75) is 53.4 Å². The third-order valence-electron chi connectivity index (χ3n) is 7.19. The number of aliphatic carboxylic acids is 1. The van der Waals surface area contributed by atoms with Crippen LogP contribution in [0.3, 0.4) is 0 Å². The second-order valence-corrected chi connectivity index (χ2v) is 11.2. The number of carbonyl (C=O) groups is 3. The number of carboxylic acid groups (broad SMARTS) is 1. The number of hydrogen-bond acceptors (Lipinski definition) is 5. The van der Waals surface area contributed by atoms with Gasteiger partial charge in [0, 0.05) is 10.4 Å². The first-order chi connectivity index (χ1) is 16.2. The van der Waals surface area contributed by atoms with Gasteiger partial charge < -0.3 is 15.2 Å². The van der Waals surface area contributed by atoms with E-state index in [-0.39, 0.29) is 24.3 Å². The first-order valence-corrected chi connectivity index (χ1v) is 13.0. The highest BCUT2D eigenvalue weighted by Crippen LogP contribution is 2.53. The number of carbonyl (C=O) groups excluding carboxylic acids is 2. The van der Waals surface area contributed by atoms with Gasteiger partial charge in [-0.15, -0.1) is 11.3 Å². The third kappa shape index (κ3) is 4.63. The Hall–Kier alpha value is -2.67. The van der Waals surface area contributed by atoms with Gasteiger partial charge in [0.25, 0.3) is 0 Å². The lowest BCUT2D eigenvalue weighted by Crippen LogP contribution is -2.37. The Kier molecular flexibility index (Phi) is 7.12. The van der Waals surface area contributed by atoms with E-state index >= 15 is 0 Å². The molecule has 2 fully saturated rings. The molecule has 182 valence electrons. The van der Waals surface area contributed by atoms with Crippen LogP contribution < -0.4 is 5.32 Å². The molecule has 0 spiro atoms. The molecule has 1 heterocycles. The van der Waals surface area contributed by atoms with Crippen LogP contribution in [-0.4, -0.2) is 29.6 Å². The number of rotatable bonds is 8. The van der Waals surface area contributed by atoms with Crippen molar-refractivity contribution in [2.75, 3.05) is 11.9 Å². The van der Waals surface area contributed by atoms with Crippen LogP contribution in [0.2, 0.25) is 0 Å². The smallest absolute Gasteiger partial charge is 0.341 e. The van der Waals surface area contributed by atoms with Crippen LogP contribution in [0.5, 0.6) is 0 Å². The van der Waals surface area contributed by atoms with E-state index in [1.54, 1.807) is 6.92 Å². The monoisotopic (exact) mass is 483 g/mol. The van der Waals surface area contributed by atoms with E-state index in [0.717, 1.165) is 41.7 Å². The van der Waals surface area contributed by atoms with Crippen molar-refractivity contribution in [3.05, 3.63) is 40.3 Å². The lowest BCUT2D eigenvalue weighted by molar-refractivity contribution is -0.148. The molecule has 4 atom stereocenters. The molecular weight excluding hydrogens is 450 g/mol. The average molecular weight is 484 g/mol. The Morgan fingerprint density at radius 3 is 2.35 bits per heavy atom. The molecule has 7 heteroatoms. The molecular formula is C27H33NO5S. The molecule has 0 saturated heterocycles. The molecule has 1 amide bonds. The summed E-state index contributed by atoms with van der Waals surface area (Å²) in [6.45, 7) is 8.26. The van der Waals surface area contributed by atoms with Crippen LogP contribution in [0.1, 0.15) is 60.8 Å². The van der Waals surface area contributed by atoms with E-state index in [1.165, 1.54) is 16.9 Å². The summed E-state index contributed by atoms with van der Waals surface area (Å²) >= 11 is 1.34. The summed E-state index contributed by atoms with van der Waals surface area (Å²) in [4.78, 5) is 39.2. The molecule has 4 rings (SSSR count). The molecule has 2 aromatic rings. The normalized spacial score (nSPS) is 23.3. The number of fused-ring (bicyclic) bond motifs is 2. The van der Waals surface area contributed by atoms with Gasteiger partial charge in [0.15, 0.2) is 0 Å². The second-order valence-electron chi connectivity index (χ2n) is 9.97. The fourth-order valence-corrected chi connectivity index (χ4v) is 6.94. The van der Waals surface area contributed by atoms with Gasteiger partial charge in [-0.25, -0.2) is 4.79 Å². The number of nitrogens with one attached hydrogen (secondary N) is 1. The van der Waals surface area contributed by atoms with Crippen molar-refractivity contribution < 1.29 is 24.2 Å². The van der Waals surface area contributed by atoms with E-state index < -0.39 is 23.8 Å². The fraction of sp³-hybridized carbons (Fsp3) is 0.519. The van der Waals surface area contributed by atoms with E-state index in [0.29, 0.717) is 16.5 Å². The molecule has 0 unspecified atom stereocenters. The molecule has 2 bridgehead atoms. The van der Waals surface area contributed by atoms with Crippen LogP contribution in [0.15, 0.2) is 24.3 Å². The number of esters is 1. The van der Waals surface area contributed by atoms with E-state index in [9.17, 15) is 19.5 Å². The molecule has 2 N–H and O–H groups in total. The van der Waals surface area contributed by atoms with Gasteiger partial charge in [0.05, 0.1) is 18.4 Å². The maximum atomic E-state index is 13.3. The largest absolute Gasteiger partial charge is 0.481 e. The van der Waals surface area contributed by atoms with E-state index in [4.69, 9.17) is 4.74 Å². The lowest BCUT2D eigenvalue weighted by Gasteiger charge is -2.27. The quantitative estimate of drug-likeness (QED) is 0.464. The summed E-state index contributed by atoms with van der Waals surface area (Å²) in [5.74, 6) is -2.20. The van der Waals surface area contributed by atoms with Gasteiger partial charge in [-0.2, -0.15) is 0 Å². The van der Waals surface area contributed by atoms with Gasteiger partial charge in [0.2, 0.25) is 5.91 Å². The highest BCUT2D eigenvalue weighted by molar-refractivity contribution is 7.17. The Balaban J connectivity index is 1.67.